The van der Waals surface area contributed by atoms with Crippen LogP contribution in [0.2, 0.25) is 0 Å². The zero-order valence-electron chi connectivity index (χ0n) is 14.9. The van der Waals surface area contributed by atoms with Crippen LogP contribution in [0.25, 0.3) is 0 Å². The van der Waals surface area contributed by atoms with Gasteiger partial charge in [0.25, 0.3) is 0 Å². The highest BCUT2D eigenvalue weighted by molar-refractivity contribution is 5.90. The van der Waals surface area contributed by atoms with Gasteiger partial charge < -0.3 is 15.5 Å². The second-order valence-electron chi connectivity index (χ2n) is 7.21. The highest BCUT2D eigenvalue weighted by Crippen LogP contribution is 2.33. The first kappa shape index (κ1) is 18.7. The second kappa shape index (κ2) is 7.09. The first-order chi connectivity index (χ1) is 13.3. The molecule has 0 radical (unpaired) electrons. The van der Waals surface area contributed by atoms with Gasteiger partial charge in [0.2, 0.25) is 0 Å². The third-order valence-electron chi connectivity index (χ3n) is 5.25. The number of nitrogens with zero attached hydrogens (tertiary/aromatic N) is 1. The highest BCUT2D eigenvalue weighted by atomic mass is 19.4. The minimum absolute atomic E-state index is 0.138. The normalized spacial score (nSPS) is 19.3. The lowest BCUT2D eigenvalue weighted by molar-refractivity contribution is -0.137. The number of fused-ring (bicyclic) bond motifs is 1. The summed E-state index contributed by atoms with van der Waals surface area (Å²) in [5.74, 6) is -0.228. The number of aryl methyl sites for hydroxylation is 1. The van der Waals surface area contributed by atoms with E-state index in [1.807, 2.05) is 6.07 Å². The minimum Gasteiger partial charge on any atom is -0.321 e. The summed E-state index contributed by atoms with van der Waals surface area (Å²) in [5.41, 5.74) is 1.69. The number of amides is 2. The number of halogens is 4. The van der Waals surface area contributed by atoms with Gasteiger partial charge in [0.05, 0.1) is 5.56 Å². The summed E-state index contributed by atoms with van der Waals surface area (Å²) >= 11 is 0. The maximum atomic E-state index is 13.3. The number of hydrogen-bond acceptors (Lipinski definition) is 2. The molecular formula is C20H19F4N3O. The molecule has 1 aliphatic heterocycles. The predicted molar refractivity (Wildman–Crippen MR) is 96.4 cm³/mol. The van der Waals surface area contributed by atoms with Crippen molar-refractivity contribution >= 4 is 11.7 Å². The largest absolute Gasteiger partial charge is 0.416 e. The van der Waals surface area contributed by atoms with Crippen molar-refractivity contribution in [3.05, 3.63) is 65.0 Å². The van der Waals surface area contributed by atoms with Crippen LogP contribution in [-0.2, 0) is 12.6 Å². The maximum Gasteiger partial charge on any atom is 0.416 e. The predicted octanol–water partition coefficient (Wildman–Crippen LogP) is 4.34. The first-order valence-electron chi connectivity index (χ1n) is 9.07. The SMILES string of the molecule is O=C(Nc1ccc(C(F)(F)F)cc1)N1CC(NC2CCc3cc(F)ccc32)C1. The van der Waals surface area contributed by atoms with Gasteiger partial charge in [-0.05, 0) is 60.4 Å². The number of benzene rings is 2. The fourth-order valence-electron chi connectivity index (χ4n) is 3.74. The average Bonchev–Trinajstić information content (AvgIpc) is 2.99. The van der Waals surface area contributed by atoms with E-state index in [1.165, 1.54) is 18.2 Å². The summed E-state index contributed by atoms with van der Waals surface area (Å²) in [7, 11) is 0. The van der Waals surface area contributed by atoms with E-state index in [9.17, 15) is 22.4 Å². The molecule has 1 unspecified atom stereocenters. The van der Waals surface area contributed by atoms with E-state index < -0.39 is 11.7 Å². The number of carbonyl (C=O) groups excluding carboxylic acids is 1. The number of alkyl halides is 3. The van der Waals surface area contributed by atoms with Gasteiger partial charge in [0, 0.05) is 30.9 Å². The van der Waals surface area contributed by atoms with Crippen molar-refractivity contribution in [1.82, 2.24) is 10.2 Å². The first-order valence-corrected chi connectivity index (χ1v) is 9.07. The van der Waals surface area contributed by atoms with Crippen LogP contribution in [0.15, 0.2) is 42.5 Å². The third-order valence-corrected chi connectivity index (χ3v) is 5.25. The summed E-state index contributed by atoms with van der Waals surface area (Å²) in [6, 6.07) is 9.16. The van der Waals surface area contributed by atoms with Gasteiger partial charge in [-0.15, -0.1) is 0 Å². The molecule has 2 aromatic carbocycles. The van der Waals surface area contributed by atoms with Crippen LogP contribution in [0.4, 0.5) is 28.0 Å². The molecular weight excluding hydrogens is 374 g/mol. The molecule has 1 saturated heterocycles. The molecule has 0 aromatic heterocycles. The molecule has 0 saturated carbocycles. The lowest BCUT2D eigenvalue weighted by Gasteiger charge is -2.41. The third kappa shape index (κ3) is 3.82. The Bertz CT molecular complexity index is 876. The Balaban J connectivity index is 1.27. The average molecular weight is 393 g/mol. The van der Waals surface area contributed by atoms with E-state index >= 15 is 0 Å². The summed E-state index contributed by atoms with van der Waals surface area (Å²) in [6.45, 7) is 1.03. The maximum absolute atomic E-state index is 13.3. The number of carbonyl (C=O) groups is 1. The number of likely N-dealkylation sites (tertiary alicyclic amines) is 1. The quantitative estimate of drug-likeness (QED) is 0.762. The Labute approximate surface area is 159 Å². The van der Waals surface area contributed by atoms with Crippen LogP contribution < -0.4 is 10.6 Å². The van der Waals surface area contributed by atoms with E-state index in [4.69, 9.17) is 0 Å². The molecule has 2 aliphatic rings. The molecule has 1 aliphatic carbocycles. The Morgan fingerprint density at radius 3 is 2.46 bits per heavy atom. The lowest BCUT2D eigenvalue weighted by atomic mass is 10.0. The smallest absolute Gasteiger partial charge is 0.321 e. The Morgan fingerprint density at radius 1 is 1.07 bits per heavy atom. The molecule has 4 nitrogen and oxygen atoms in total. The number of hydrogen-bond donors (Lipinski definition) is 2. The topological polar surface area (TPSA) is 44.4 Å². The van der Waals surface area contributed by atoms with E-state index in [0.717, 1.165) is 36.1 Å². The second-order valence-corrected chi connectivity index (χ2v) is 7.21. The van der Waals surface area contributed by atoms with Crippen LogP contribution in [0, 0.1) is 5.82 Å². The molecule has 2 N–H and O–H groups in total. The van der Waals surface area contributed by atoms with Crippen LogP contribution >= 0.6 is 0 Å². The van der Waals surface area contributed by atoms with Crippen LogP contribution in [0.5, 0.6) is 0 Å². The van der Waals surface area contributed by atoms with Crippen molar-refractivity contribution in [3.8, 4) is 0 Å². The van der Waals surface area contributed by atoms with Gasteiger partial charge in [-0.2, -0.15) is 13.2 Å². The van der Waals surface area contributed by atoms with E-state index in [0.29, 0.717) is 18.8 Å². The zero-order valence-corrected chi connectivity index (χ0v) is 14.9. The van der Waals surface area contributed by atoms with E-state index in [1.54, 1.807) is 11.0 Å². The Kier molecular flexibility index (Phi) is 4.74. The molecule has 1 fully saturated rings. The standard InChI is InChI=1S/C20H19F4N3O/c21-14-4-7-17-12(9-14)1-8-18(17)25-16-10-27(11-16)19(28)26-15-5-2-13(3-6-15)20(22,23)24/h2-7,9,16,18,25H,1,8,10-11H2,(H,26,28). The lowest BCUT2D eigenvalue weighted by Crippen LogP contribution is -2.61. The molecule has 2 aromatic rings. The van der Waals surface area contributed by atoms with E-state index in [2.05, 4.69) is 10.6 Å². The van der Waals surface area contributed by atoms with Gasteiger partial charge in [-0.1, -0.05) is 6.07 Å². The van der Waals surface area contributed by atoms with Crippen LogP contribution in [0.1, 0.15) is 29.2 Å². The molecule has 4 rings (SSSR count). The summed E-state index contributed by atoms with van der Waals surface area (Å²) in [6.07, 6.45) is -2.67. The number of nitrogens with one attached hydrogen (secondary N) is 2. The summed E-state index contributed by atoms with van der Waals surface area (Å²) in [5, 5.41) is 6.10. The monoisotopic (exact) mass is 393 g/mol. The van der Waals surface area contributed by atoms with Gasteiger partial charge in [0.15, 0.2) is 0 Å². The molecule has 1 atom stereocenters. The number of anilines is 1. The number of rotatable bonds is 3. The Morgan fingerprint density at radius 2 is 1.79 bits per heavy atom. The van der Waals surface area contributed by atoms with Crippen LogP contribution in [0.3, 0.4) is 0 Å². The van der Waals surface area contributed by atoms with Crippen molar-refractivity contribution in [2.45, 2.75) is 31.1 Å². The fourth-order valence-corrected chi connectivity index (χ4v) is 3.74. The molecule has 0 spiro atoms. The molecule has 0 bridgehead atoms. The van der Waals surface area contributed by atoms with E-state index in [-0.39, 0.29) is 23.9 Å². The molecule has 8 heteroatoms. The van der Waals surface area contributed by atoms with Gasteiger partial charge in [-0.3, -0.25) is 0 Å². The van der Waals surface area contributed by atoms with Crippen LogP contribution in [-0.4, -0.2) is 30.1 Å². The molecule has 148 valence electrons. The van der Waals surface area contributed by atoms with Crippen molar-refractivity contribution in [3.63, 3.8) is 0 Å². The molecule has 1 heterocycles. The Hall–Kier alpha value is -2.61. The number of urea groups is 1. The summed E-state index contributed by atoms with van der Waals surface area (Å²) in [4.78, 5) is 13.8. The van der Waals surface area contributed by atoms with Crippen molar-refractivity contribution in [2.75, 3.05) is 18.4 Å². The van der Waals surface area contributed by atoms with Crippen molar-refractivity contribution in [1.29, 1.82) is 0 Å². The molecule has 28 heavy (non-hydrogen) atoms. The highest BCUT2D eigenvalue weighted by Gasteiger charge is 2.34. The van der Waals surface area contributed by atoms with Crippen molar-refractivity contribution in [2.24, 2.45) is 0 Å². The van der Waals surface area contributed by atoms with Gasteiger partial charge >= 0.3 is 12.2 Å². The van der Waals surface area contributed by atoms with Gasteiger partial charge in [0.1, 0.15) is 5.82 Å². The zero-order chi connectivity index (χ0) is 19.9. The molecule has 2 amide bonds. The minimum atomic E-state index is -4.40. The van der Waals surface area contributed by atoms with Gasteiger partial charge in [-0.25, -0.2) is 9.18 Å². The summed E-state index contributed by atoms with van der Waals surface area (Å²) < 4.78 is 51.0. The fraction of sp³-hybridized carbons (Fsp3) is 0.350. The van der Waals surface area contributed by atoms with Crippen molar-refractivity contribution < 1.29 is 22.4 Å².